The monoisotopic (exact) mass is 290 g/mol. The van der Waals surface area contributed by atoms with Crippen molar-refractivity contribution in [2.24, 2.45) is 11.3 Å². The Balaban J connectivity index is 3.04. The van der Waals surface area contributed by atoms with Crippen LogP contribution in [0.2, 0.25) is 0 Å². The highest BCUT2D eigenvalue weighted by atomic mass is 16.5. The fraction of sp³-hybridized carbons (Fsp3) is 0.632. The second-order valence-electron chi connectivity index (χ2n) is 7.44. The van der Waals surface area contributed by atoms with Crippen LogP contribution in [-0.2, 0) is 10.2 Å². The molecular weight excluding hydrogens is 260 g/mol. The molecule has 0 saturated heterocycles. The van der Waals surface area contributed by atoms with Crippen LogP contribution in [0, 0.1) is 11.3 Å². The van der Waals surface area contributed by atoms with Crippen LogP contribution in [0.15, 0.2) is 24.3 Å². The van der Waals surface area contributed by atoms with E-state index >= 15 is 0 Å². The van der Waals surface area contributed by atoms with E-state index in [0.717, 1.165) is 24.2 Å². The zero-order chi connectivity index (χ0) is 16.3. The Hall–Kier alpha value is -1.31. The Morgan fingerprint density at radius 2 is 1.67 bits per heavy atom. The molecule has 2 heteroatoms. The smallest absolute Gasteiger partial charge is 0.145 e. The molecule has 0 radical (unpaired) electrons. The van der Waals surface area contributed by atoms with E-state index in [1.807, 2.05) is 24.3 Å². The SMILES string of the molecule is CCC(C)(C(=O)C(C)CC(C)(C)C)c1ccc(OC)cc1. The molecule has 0 aliphatic heterocycles. The van der Waals surface area contributed by atoms with Gasteiger partial charge in [0, 0.05) is 5.92 Å². The van der Waals surface area contributed by atoms with Crippen molar-refractivity contribution >= 4 is 5.78 Å². The molecule has 118 valence electrons. The van der Waals surface area contributed by atoms with Gasteiger partial charge >= 0.3 is 0 Å². The first-order valence-corrected chi connectivity index (χ1v) is 7.83. The average Bonchev–Trinajstić information content (AvgIpc) is 2.44. The Morgan fingerprint density at radius 1 is 1.14 bits per heavy atom. The number of hydrogen-bond donors (Lipinski definition) is 0. The summed E-state index contributed by atoms with van der Waals surface area (Å²) in [6.07, 6.45) is 1.73. The normalized spacial score (nSPS) is 16.1. The van der Waals surface area contributed by atoms with E-state index in [-0.39, 0.29) is 11.3 Å². The summed E-state index contributed by atoms with van der Waals surface area (Å²) in [4.78, 5) is 13.0. The molecule has 21 heavy (non-hydrogen) atoms. The number of rotatable bonds is 6. The Labute approximate surface area is 129 Å². The van der Waals surface area contributed by atoms with Gasteiger partial charge in [0.05, 0.1) is 12.5 Å². The second kappa shape index (κ2) is 6.64. The van der Waals surface area contributed by atoms with E-state index in [4.69, 9.17) is 4.74 Å². The van der Waals surface area contributed by atoms with Gasteiger partial charge < -0.3 is 4.74 Å². The van der Waals surface area contributed by atoms with Crippen molar-refractivity contribution in [3.63, 3.8) is 0 Å². The van der Waals surface area contributed by atoms with Gasteiger partial charge in [-0.15, -0.1) is 0 Å². The third-order valence-corrected chi connectivity index (χ3v) is 4.34. The predicted octanol–water partition coefficient (Wildman–Crippen LogP) is 5.00. The largest absolute Gasteiger partial charge is 0.497 e. The molecule has 0 fully saturated rings. The van der Waals surface area contributed by atoms with E-state index in [1.165, 1.54) is 0 Å². The standard InChI is InChI=1S/C19H30O2/c1-8-19(6,15-9-11-16(21-7)12-10-15)17(20)14(2)13-18(3,4)5/h9-12,14H,8,13H2,1-7H3. The molecule has 0 aromatic heterocycles. The van der Waals surface area contributed by atoms with Gasteiger partial charge in [-0.1, -0.05) is 46.8 Å². The molecule has 0 spiro atoms. The van der Waals surface area contributed by atoms with Crippen LogP contribution in [0.25, 0.3) is 0 Å². The molecule has 2 nitrogen and oxygen atoms in total. The quantitative estimate of drug-likeness (QED) is 0.736. The minimum atomic E-state index is -0.420. The Kier molecular flexibility index (Phi) is 5.61. The van der Waals surface area contributed by atoms with Crippen LogP contribution in [0.4, 0.5) is 0 Å². The molecule has 1 aromatic rings. The van der Waals surface area contributed by atoms with E-state index < -0.39 is 5.41 Å². The third kappa shape index (κ3) is 4.33. The molecule has 2 atom stereocenters. The summed E-state index contributed by atoms with van der Waals surface area (Å²) in [6.45, 7) is 12.8. The van der Waals surface area contributed by atoms with Crippen LogP contribution < -0.4 is 4.74 Å². The third-order valence-electron chi connectivity index (χ3n) is 4.34. The average molecular weight is 290 g/mol. The Bertz CT molecular complexity index is 467. The molecule has 1 rings (SSSR count). The van der Waals surface area contributed by atoms with Gasteiger partial charge in [0.15, 0.2) is 0 Å². The van der Waals surface area contributed by atoms with Crippen LogP contribution >= 0.6 is 0 Å². The number of benzene rings is 1. The highest BCUT2D eigenvalue weighted by molar-refractivity contribution is 5.91. The van der Waals surface area contributed by atoms with Crippen LogP contribution in [0.5, 0.6) is 5.75 Å². The molecule has 0 bridgehead atoms. The number of ketones is 1. The summed E-state index contributed by atoms with van der Waals surface area (Å²) in [7, 11) is 1.66. The van der Waals surface area contributed by atoms with Gasteiger partial charge in [0.25, 0.3) is 0 Å². The number of methoxy groups -OCH3 is 1. The first kappa shape index (κ1) is 17.7. The van der Waals surface area contributed by atoms with Crippen molar-refractivity contribution in [2.45, 2.75) is 59.8 Å². The molecular formula is C19H30O2. The number of Topliss-reactive ketones (excluding diaryl/α,β-unsaturated/α-hetero) is 1. The maximum atomic E-state index is 13.0. The van der Waals surface area contributed by atoms with Gasteiger partial charge in [-0.3, -0.25) is 4.79 Å². The van der Waals surface area contributed by atoms with Crippen molar-refractivity contribution in [2.75, 3.05) is 7.11 Å². The summed E-state index contributed by atoms with van der Waals surface area (Å²) >= 11 is 0. The summed E-state index contributed by atoms with van der Waals surface area (Å²) in [5.41, 5.74) is 0.831. The van der Waals surface area contributed by atoms with Crippen molar-refractivity contribution in [1.29, 1.82) is 0 Å². The molecule has 0 amide bonds. The summed E-state index contributed by atoms with van der Waals surface area (Å²) in [5.74, 6) is 1.23. The maximum absolute atomic E-state index is 13.0. The number of carbonyl (C=O) groups excluding carboxylic acids is 1. The fourth-order valence-electron chi connectivity index (χ4n) is 3.03. The van der Waals surface area contributed by atoms with Gasteiger partial charge in [-0.2, -0.15) is 0 Å². The number of ether oxygens (including phenoxy) is 1. The molecule has 0 aliphatic rings. The molecule has 0 heterocycles. The van der Waals surface area contributed by atoms with Crippen LogP contribution in [-0.4, -0.2) is 12.9 Å². The summed E-state index contributed by atoms with van der Waals surface area (Å²) in [5, 5.41) is 0. The molecule has 0 saturated carbocycles. The van der Waals surface area contributed by atoms with Crippen molar-refractivity contribution in [1.82, 2.24) is 0 Å². The lowest BCUT2D eigenvalue weighted by Crippen LogP contribution is -2.37. The van der Waals surface area contributed by atoms with E-state index in [0.29, 0.717) is 5.78 Å². The lowest BCUT2D eigenvalue weighted by Gasteiger charge is -2.32. The zero-order valence-corrected chi connectivity index (χ0v) is 14.6. The van der Waals surface area contributed by atoms with Crippen LogP contribution in [0.3, 0.4) is 0 Å². The first-order chi connectivity index (χ1) is 9.64. The zero-order valence-electron chi connectivity index (χ0n) is 14.6. The van der Waals surface area contributed by atoms with Gasteiger partial charge in [0.1, 0.15) is 11.5 Å². The summed E-state index contributed by atoms with van der Waals surface area (Å²) < 4.78 is 5.20. The molecule has 0 N–H and O–H groups in total. The number of hydrogen-bond acceptors (Lipinski definition) is 2. The molecule has 2 unspecified atom stereocenters. The van der Waals surface area contributed by atoms with E-state index in [1.54, 1.807) is 7.11 Å². The lowest BCUT2D eigenvalue weighted by molar-refractivity contribution is -0.128. The van der Waals surface area contributed by atoms with E-state index in [2.05, 4.69) is 41.5 Å². The highest BCUT2D eigenvalue weighted by Crippen LogP contribution is 2.35. The molecule has 0 aliphatic carbocycles. The van der Waals surface area contributed by atoms with Crippen molar-refractivity contribution in [3.05, 3.63) is 29.8 Å². The fourth-order valence-corrected chi connectivity index (χ4v) is 3.03. The Morgan fingerprint density at radius 3 is 2.05 bits per heavy atom. The molecule has 1 aromatic carbocycles. The highest BCUT2D eigenvalue weighted by Gasteiger charge is 2.37. The van der Waals surface area contributed by atoms with Gasteiger partial charge in [0.2, 0.25) is 0 Å². The van der Waals surface area contributed by atoms with Gasteiger partial charge in [-0.25, -0.2) is 0 Å². The van der Waals surface area contributed by atoms with Crippen LogP contribution in [0.1, 0.15) is 59.9 Å². The predicted molar refractivity (Wildman–Crippen MR) is 88.9 cm³/mol. The minimum Gasteiger partial charge on any atom is -0.497 e. The lowest BCUT2D eigenvalue weighted by atomic mass is 9.70. The summed E-state index contributed by atoms with van der Waals surface area (Å²) in [6, 6.07) is 7.91. The topological polar surface area (TPSA) is 26.3 Å². The van der Waals surface area contributed by atoms with Crippen molar-refractivity contribution < 1.29 is 9.53 Å². The van der Waals surface area contributed by atoms with Crippen molar-refractivity contribution in [3.8, 4) is 5.75 Å². The first-order valence-electron chi connectivity index (χ1n) is 7.83. The number of carbonyl (C=O) groups is 1. The minimum absolute atomic E-state index is 0.0667. The maximum Gasteiger partial charge on any atom is 0.145 e. The second-order valence-corrected chi connectivity index (χ2v) is 7.44. The van der Waals surface area contributed by atoms with Gasteiger partial charge in [-0.05, 0) is 42.9 Å². The van der Waals surface area contributed by atoms with E-state index in [9.17, 15) is 4.79 Å².